The molecule has 27 heavy (non-hydrogen) atoms. The first kappa shape index (κ1) is 18.1. The molecule has 7 heteroatoms. The zero-order chi connectivity index (χ0) is 18.6. The van der Waals surface area contributed by atoms with Gasteiger partial charge in [-0.05, 0) is 43.7 Å². The summed E-state index contributed by atoms with van der Waals surface area (Å²) in [7, 11) is 0. The van der Waals surface area contributed by atoms with Gasteiger partial charge in [0.15, 0.2) is 0 Å². The van der Waals surface area contributed by atoms with Crippen LogP contribution in [0.25, 0.3) is 11.4 Å². The fourth-order valence-electron chi connectivity index (χ4n) is 3.97. The minimum absolute atomic E-state index is 0.0913. The molecule has 2 aromatic rings. The van der Waals surface area contributed by atoms with Crippen molar-refractivity contribution < 1.29 is 18.4 Å². The summed E-state index contributed by atoms with van der Waals surface area (Å²) in [5, 5.41) is 3.92. The van der Waals surface area contributed by atoms with Crippen molar-refractivity contribution >= 4 is 5.91 Å². The summed E-state index contributed by atoms with van der Waals surface area (Å²) in [5.74, 6) is 1.04. The van der Waals surface area contributed by atoms with Crippen LogP contribution < -0.4 is 0 Å². The summed E-state index contributed by atoms with van der Waals surface area (Å²) < 4.78 is 24.6. The van der Waals surface area contributed by atoms with Crippen molar-refractivity contribution in [2.24, 2.45) is 11.8 Å². The Morgan fingerprint density at radius 3 is 2.85 bits per heavy atom. The summed E-state index contributed by atoms with van der Waals surface area (Å²) >= 11 is 0. The fourth-order valence-corrected chi connectivity index (χ4v) is 3.97. The molecule has 0 N–H and O–H groups in total. The van der Waals surface area contributed by atoms with Gasteiger partial charge in [0.05, 0.1) is 5.56 Å². The molecule has 2 aliphatic rings. The van der Waals surface area contributed by atoms with E-state index in [1.54, 1.807) is 18.2 Å². The van der Waals surface area contributed by atoms with Crippen LogP contribution in [0.3, 0.4) is 0 Å². The average Bonchev–Trinajstić information content (AvgIpc) is 3.17. The SMILES string of the molecule is O=C(C1CCOCC1)N1CCCC(Cc2nc(-c3ccccc3F)no2)C1. The van der Waals surface area contributed by atoms with Crippen LogP contribution in [0.2, 0.25) is 0 Å². The third-order valence-corrected chi connectivity index (χ3v) is 5.45. The molecule has 0 saturated carbocycles. The fraction of sp³-hybridized carbons (Fsp3) is 0.550. The summed E-state index contributed by atoms with van der Waals surface area (Å²) in [6.07, 6.45) is 4.24. The van der Waals surface area contributed by atoms with Crippen LogP contribution in [-0.2, 0) is 16.0 Å². The monoisotopic (exact) mass is 373 g/mol. The van der Waals surface area contributed by atoms with Gasteiger partial charge in [0.2, 0.25) is 17.6 Å². The molecule has 2 aliphatic heterocycles. The van der Waals surface area contributed by atoms with Gasteiger partial charge < -0.3 is 14.2 Å². The Morgan fingerprint density at radius 2 is 2.04 bits per heavy atom. The van der Waals surface area contributed by atoms with Crippen molar-refractivity contribution in [3.8, 4) is 11.4 Å². The highest BCUT2D eigenvalue weighted by Gasteiger charge is 2.30. The van der Waals surface area contributed by atoms with Crippen LogP contribution in [0.15, 0.2) is 28.8 Å². The zero-order valence-electron chi connectivity index (χ0n) is 15.3. The van der Waals surface area contributed by atoms with E-state index in [4.69, 9.17) is 9.26 Å². The lowest BCUT2D eigenvalue weighted by Crippen LogP contribution is -2.44. The molecule has 1 aromatic heterocycles. The van der Waals surface area contributed by atoms with Gasteiger partial charge in [-0.15, -0.1) is 0 Å². The molecule has 3 heterocycles. The summed E-state index contributed by atoms with van der Waals surface area (Å²) in [6, 6.07) is 6.40. The first-order valence-corrected chi connectivity index (χ1v) is 9.64. The number of hydrogen-bond acceptors (Lipinski definition) is 5. The number of halogens is 1. The maximum Gasteiger partial charge on any atom is 0.227 e. The highest BCUT2D eigenvalue weighted by molar-refractivity contribution is 5.79. The zero-order valence-corrected chi connectivity index (χ0v) is 15.3. The second-order valence-electron chi connectivity index (χ2n) is 7.37. The standard InChI is InChI=1S/C20H24FN3O3/c21-17-6-2-1-5-16(17)19-22-18(27-23-19)12-14-4-3-9-24(13-14)20(25)15-7-10-26-11-8-15/h1-2,5-6,14-15H,3-4,7-13H2. The van der Waals surface area contributed by atoms with Gasteiger partial charge in [-0.3, -0.25) is 4.79 Å². The van der Waals surface area contributed by atoms with E-state index in [-0.39, 0.29) is 29.4 Å². The number of benzene rings is 1. The topological polar surface area (TPSA) is 68.5 Å². The lowest BCUT2D eigenvalue weighted by molar-refractivity contribution is -0.140. The molecule has 0 aliphatic carbocycles. The van der Waals surface area contributed by atoms with Crippen LogP contribution in [-0.4, -0.2) is 47.3 Å². The lowest BCUT2D eigenvalue weighted by atomic mass is 9.92. The summed E-state index contributed by atoms with van der Waals surface area (Å²) in [6.45, 7) is 2.88. The van der Waals surface area contributed by atoms with Crippen LogP contribution in [0, 0.1) is 17.7 Å². The normalized spacial score (nSPS) is 21.4. The average molecular weight is 373 g/mol. The van der Waals surface area contributed by atoms with E-state index in [9.17, 15) is 9.18 Å². The van der Waals surface area contributed by atoms with E-state index in [0.717, 1.165) is 32.2 Å². The molecule has 4 rings (SSSR count). The molecule has 0 bridgehead atoms. The molecule has 1 atom stereocenters. The number of ether oxygens (including phenoxy) is 1. The maximum absolute atomic E-state index is 13.9. The highest BCUT2D eigenvalue weighted by Crippen LogP contribution is 2.26. The van der Waals surface area contributed by atoms with E-state index >= 15 is 0 Å². The first-order chi connectivity index (χ1) is 13.2. The second kappa shape index (κ2) is 8.17. The molecule has 1 amide bonds. The van der Waals surface area contributed by atoms with Gasteiger partial charge >= 0.3 is 0 Å². The number of nitrogens with zero attached hydrogens (tertiary/aromatic N) is 3. The van der Waals surface area contributed by atoms with Crippen molar-refractivity contribution in [3.63, 3.8) is 0 Å². The molecule has 2 saturated heterocycles. The Kier molecular flexibility index (Phi) is 5.48. The molecule has 0 spiro atoms. The predicted octanol–water partition coefficient (Wildman–Crippen LogP) is 3.08. The molecule has 144 valence electrons. The van der Waals surface area contributed by atoms with E-state index in [2.05, 4.69) is 10.1 Å². The third-order valence-electron chi connectivity index (χ3n) is 5.45. The second-order valence-corrected chi connectivity index (χ2v) is 7.37. The van der Waals surface area contributed by atoms with E-state index in [0.29, 0.717) is 37.6 Å². The van der Waals surface area contributed by atoms with Crippen LogP contribution in [0.4, 0.5) is 4.39 Å². The van der Waals surface area contributed by atoms with Gasteiger partial charge in [0.1, 0.15) is 5.82 Å². The molecule has 2 fully saturated rings. The number of amides is 1. The lowest BCUT2D eigenvalue weighted by Gasteiger charge is -2.35. The number of likely N-dealkylation sites (tertiary alicyclic amines) is 1. The number of hydrogen-bond donors (Lipinski definition) is 0. The quantitative estimate of drug-likeness (QED) is 0.824. The summed E-state index contributed by atoms with van der Waals surface area (Å²) in [5.41, 5.74) is 0.340. The Labute approximate surface area is 157 Å². The van der Waals surface area contributed by atoms with Crippen molar-refractivity contribution in [2.45, 2.75) is 32.1 Å². The van der Waals surface area contributed by atoms with Crippen molar-refractivity contribution in [2.75, 3.05) is 26.3 Å². The van der Waals surface area contributed by atoms with Crippen LogP contribution in [0.1, 0.15) is 31.6 Å². The van der Waals surface area contributed by atoms with Gasteiger partial charge in [-0.1, -0.05) is 17.3 Å². The molecule has 1 unspecified atom stereocenters. The molecule has 6 nitrogen and oxygen atoms in total. The van der Waals surface area contributed by atoms with Crippen molar-refractivity contribution in [1.29, 1.82) is 0 Å². The van der Waals surface area contributed by atoms with E-state index in [1.807, 2.05) is 4.90 Å². The Morgan fingerprint density at radius 1 is 1.22 bits per heavy atom. The number of carbonyl (C=O) groups excluding carboxylic acids is 1. The number of piperidine rings is 1. The Hall–Kier alpha value is -2.28. The van der Waals surface area contributed by atoms with Gasteiger partial charge in [0.25, 0.3) is 0 Å². The first-order valence-electron chi connectivity index (χ1n) is 9.64. The Balaban J connectivity index is 1.38. The van der Waals surface area contributed by atoms with E-state index < -0.39 is 0 Å². The van der Waals surface area contributed by atoms with Crippen LogP contribution in [0.5, 0.6) is 0 Å². The molecular weight excluding hydrogens is 349 g/mol. The number of aromatic nitrogens is 2. The van der Waals surface area contributed by atoms with Gasteiger partial charge in [-0.2, -0.15) is 4.98 Å². The van der Waals surface area contributed by atoms with Gasteiger partial charge in [-0.25, -0.2) is 4.39 Å². The van der Waals surface area contributed by atoms with Crippen molar-refractivity contribution in [3.05, 3.63) is 36.0 Å². The van der Waals surface area contributed by atoms with Crippen molar-refractivity contribution in [1.82, 2.24) is 15.0 Å². The minimum Gasteiger partial charge on any atom is -0.381 e. The summed E-state index contributed by atoms with van der Waals surface area (Å²) in [4.78, 5) is 19.1. The maximum atomic E-state index is 13.9. The smallest absolute Gasteiger partial charge is 0.227 e. The minimum atomic E-state index is -0.365. The largest absolute Gasteiger partial charge is 0.381 e. The Bertz CT molecular complexity index is 788. The highest BCUT2D eigenvalue weighted by atomic mass is 19.1. The van der Waals surface area contributed by atoms with E-state index in [1.165, 1.54) is 6.07 Å². The number of carbonyl (C=O) groups is 1. The van der Waals surface area contributed by atoms with Crippen LogP contribution >= 0.6 is 0 Å². The third kappa shape index (κ3) is 4.18. The number of rotatable bonds is 4. The molecular formula is C20H24FN3O3. The molecule has 1 aromatic carbocycles. The molecule has 0 radical (unpaired) electrons. The van der Waals surface area contributed by atoms with Gasteiger partial charge in [0, 0.05) is 38.6 Å². The predicted molar refractivity (Wildman–Crippen MR) is 96.2 cm³/mol.